The minimum absolute atomic E-state index is 0.0122. The van der Waals surface area contributed by atoms with Crippen molar-refractivity contribution in [2.75, 3.05) is 20.3 Å². The van der Waals surface area contributed by atoms with E-state index in [2.05, 4.69) is 31.3 Å². The van der Waals surface area contributed by atoms with Crippen molar-refractivity contribution in [2.24, 2.45) is 0 Å². The molecule has 1 N–H and O–H groups in total. The molecular weight excluding hydrogens is 272 g/mol. The Bertz CT molecular complexity index is 447. The molecule has 1 aromatic rings. The molecule has 1 saturated heterocycles. The first kappa shape index (κ1) is 15.5. The van der Waals surface area contributed by atoms with Crippen LogP contribution in [0.1, 0.15) is 42.1 Å². The van der Waals surface area contributed by atoms with E-state index in [0.717, 1.165) is 19.3 Å². The summed E-state index contributed by atoms with van der Waals surface area (Å²) >= 11 is 1.75. The van der Waals surface area contributed by atoms with Gasteiger partial charge in [-0.05, 0) is 25.5 Å². The maximum absolute atomic E-state index is 12.5. The normalized spacial score (nSPS) is 22.8. The van der Waals surface area contributed by atoms with Crippen LogP contribution in [0.25, 0.3) is 0 Å². The van der Waals surface area contributed by atoms with E-state index >= 15 is 0 Å². The Morgan fingerprint density at radius 3 is 2.85 bits per heavy atom. The average molecular weight is 296 g/mol. The van der Waals surface area contributed by atoms with Crippen molar-refractivity contribution in [3.05, 3.63) is 21.9 Å². The Hall–Kier alpha value is -0.910. The van der Waals surface area contributed by atoms with Crippen LogP contribution in [0.4, 0.5) is 0 Å². The van der Waals surface area contributed by atoms with Gasteiger partial charge in [-0.3, -0.25) is 10.1 Å². The molecule has 0 saturated carbocycles. The van der Waals surface area contributed by atoms with Crippen LogP contribution in [0.15, 0.2) is 12.1 Å². The smallest absolute Gasteiger partial charge is 0.241 e. The molecule has 2 atom stereocenters. The number of methoxy groups -OCH3 is 1. The zero-order chi connectivity index (χ0) is 14.5. The number of thiophene rings is 1. The van der Waals surface area contributed by atoms with Gasteiger partial charge in [-0.25, -0.2) is 0 Å². The lowest BCUT2D eigenvalue weighted by Gasteiger charge is -2.22. The van der Waals surface area contributed by atoms with Gasteiger partial charge in [-0.1, -0.05) is 19.8 Å². The van der Waals surface area contributed by atoms with Crippen LogP contribution in [0.2, 0.25) is 0 Å². The highest BCUT2D eigenvalue weighted by atomic mass is 32.1. The predicted octanol–water partition coefficient (Wildman–Crippen LogP) is 2.69. The number of hydrogen-bond acceptors (Lipinski definition) is 4. The quantitative estimate of drug-likeness (QED) is 0.841. The van der Waals surface area contributed by atoms with Gasteiger partial charge < -0.3 is 9.64 Å². The molecule has 0 aliphatic carbocycles. The number of carbonyl (C=O) groups excluding carboxylic acids is 1. The summed E-state index contributed by atoms with van der Waals surface area (Å²) in [5.41, 5.74) is 0. The molecule has 2 unspecified atom stereocenters. The summed E-state index contributed by atoms with van der Waals surface area (Å²) < 4.78 is 5.14. The number of nitrogens with one attached hydrogen (secondary N) is 1. The summed E-state index contributed by atoms with van der Waals surface area (Å²) in [6.07, 6.45) is 3.13. The summed E-state index contributed by atoms with van der Waals surface area (Å²) in [6, 6.07) is 4.19. The van der Waals surface area contributed by atoms with E-state index in [1.807, 2.05) is 4.90 Å². The third-order valence-electron chi connectivity index (χ3n) is 3.67. The zero-order valence-electron chi connectivity index (χ0n) is 12.5. The molecule has 5 heteroatoms. The van der Waals surface area contributed by atoms with E-state index in [-0.39, 0.29) is 18.1 Å². The molecular formula is C15H24N2O2S. The van der Waals surface area contributed by atoms with E-state index in [0.29, 0.717) is 13.2 Å². The monoisotopic (exact) mass is 296 g/mol. The number of amides is 1. The van der Waals surface area contributed by atoms with Crippen LogP contribution in [0.5, 0.6) is 0 Å². The van der Waals surface area contributed by atoms with E-state index in [1.54, 1.807) is 18.4 Å². The third-order valence-corrected chi connectivity index (χ3v) is 4.72. The van der Waals surface area contributed by atoms with E-state index in [9.17, 15) is 4.79 Å². The molecule has 0 radical (unpaired) electrons. The predicted molar refractivity (Wildman–Crippen MR) is 81.8 cm³/mol. The first-order valence-corrected chi connectivity index (χ1v) is 8.10. The lowest BCUT2D eigenvalue weighted by atomic mass is 10.1. The summed E-state index contributed by atoms with van der Waals surface area (Å²) in [4.78, 5) is 16.9. The highest BCUT2D eigenvalue weighted by molar-refractivity contribution is 7.12. The zero-order valence-corrected chi connectivity index (χ0v) is 13.3. The van der Waals surface area contributed by atoms with Crippen LogP contribution in [-0.2, 0) is 9.53 Å². The standard InChI is InChI=1S/C15H24N2O2S/c1-4-5-6-12-15(18)17(9-10-19-3)14(16-12)13-8-7-11(2)20-13/h7-8,12,14,16H,4-6,9-10H2,1-3H3. The second-order valence-electron chi connectivity index (χ2n) is 5.24. The summed E-state index contributed by atoms with van der Waals surface area (Å²) in [7, 11) is 1.67. The van der Waals surface area contributed by atoms with Crippen molar-refractivity contribution in [1.29, 1.82) is 0 Å². The highest BCUT2D eigenvalue weighted by Crippen LogP contribution is 2.31. The number of carbonyl (C=O) groups is 1. The molecule has 20 heavy (non-hydrogen) atoms. The number of unbranched alkanes of at least 4 members (excludes halogenated alkanes) is 1. The molecule has 1 aliphatic rings. The second kappa shape index (κ2) is 7.20. The minimum atomic E-state index is -0.0424. The number of rotatable bonds is 7. The van der Waals surface area contributed by atoms with E-state index < -0.39 is 0 Å². The lowest BCUT2D eigenvalue weighted by molar-refractivity contribution is -0.130. The first-order valence-electron chi connectivity index (χ1n) is 7.29. The summed E-state index contributed by atoms with van der Waals surface area (Å²) in [5, 5.41) is 3.50. The molecule has 1 aliphatic heterocycles. The topological polar surface area (TPSA) is 41.6 Å². The largest absolute Gasteiger partial charge is 0.383 e. The Kier molecular flexibility index (Phi) is 5.57. The van der Waals surface area contributed by atoms with Crippen molar-refractivity contribution < 1.29 is 9.53 Å². The molecule has 1 amide bonds. The lowest BCUT2D eigenvalue weighted by Crippen LogP contribution is -2.33. The molecule has 0 spiro atoms. The number of ether oxygens (including phenoxy) is 1. The van der Waals surface area contributed by atoms with Gasteiger partial charge in [0.05, 0.1) is 12.6 Å². The minimum Gasteiger partial charge on any atom is -0.383 e. The number of nitrogens with zero attached hydrogens (tertiary/aromatic N) is 1. The Balaban J connectivity index is 2.12. The van der Waals surface area contributed by atoms with Crippen LogP contribution in [0, 0.1) is 6.92 Å². The highest BCUT2D eigenvalue weighted by Gasteiger charge is 2.39. The summed E-state index contributed by atoms with van der Waals surface area (Å²) in [6.45, 7) is 5.47. The van der Waals surface area contributed by atoms with Gasteiger partial charge in [0.2, 0.25) is 5.91 Å². The first-order chi connectivity index (χ1) is 9.67. The van der Waals surface area contributed by atoms with Crippen LogP contribution in [-0.4, -0.2) is 37.1 Å². The van der Waals surface area contributed by atoms with Gasteiger partial charge in [-0.2, -0.15) is 0 Å². The van der Waals surface area contributed by atoms with Gasteiger partial charge >= 0.3 is 0 Å². The van der Waals surface area contributed by atoms with Gasteiger partial charge in [0, 0.05) is 23.4 Å². The molecule has 1 aromatic heterocycles. The molecule has 112 valence electrons. The molecule has 4 nitrogen and oxygen atoms in total. The van der Waals surface area contributed by atoms with E-state index in [4.69, 9.17) is 4.74 Å². The maximum atomic E-state index is 12.5. The van der Waals surface area contributed by atoms with Crippen LogP contribution >= 0.6 is 11.3 Å². The second-order valence-corrected chi connectivity index (χ2v) is 6.56. The Labute approximate surface area is 125 Å². The SMILES string of the molecule is CCCCC1NC(c2ccc(C)s2)N(CCOC)C1=O. The number of hydrogen-bond donors (Lipinski definition) is 1. The Morgan fingerprint density at radius 1 is 1.45 bits per heavy atom. The fraction of sp³-hybridized carbons (Fsp3) is 0.667. The van der Waals surface area contributed by atoms with Gasteiger partial charge in [0.15, 0.2) is 0 Å². The van der Waals surface area contributed by atoms with Crippen molar-refractivity contribution in [3.8, 4) is 0 Å². The fourth-order valence-corrected chi connectivity index (χ4v) is 3.51. The molecule has 2 heterocycles. The van der Waals surface area contributed by atoms with Crippen molar-refractivity contribution >= 4 is 17.2 Å². The Morgan fingerprint density at radius 2 is 2.25 bits per heavy atom. The molecule has 0 aromatic carbocycles. The van der Waals surface area contributed by atoms with Crippen molar-refractivity contribution in [1.82, 2.24) is 10.2 Å². The van der Waals surface area contributed by atoms with Gasteiger partial charge in [-0.15, -0.1) is 11.3 Å². The fourth-order valence-electron chi connectivity index (χ4n) is 2.56. The van der Waals surface area contributed by atoms with E-state index in [1.165, 1.54) is 9.75 Å². The summed E-state index contributed by atoms with van der Waals surface area (Å²) in [5.74, 6) is 0.214. The maximum Gasteiger partial charge on any atom is 0.241 e. The molecule has 2 rings (SSSR count). The molecule has 0 bridgehead atoms. The van der Waals surface area contributed by atoms with Crippen LogP contribution < -0.4 is 5.32 Å². The van der Waals surface area contributed by atoms with Crippen LogP contribution in [0.3, 0.4) is 0 Å². The van der Waals surface area contributed by atoms with Gasteiger partial charge in [0.1, 0.15) is 6.17 Å². The van der Waals surface area contributed by atoms with Gasteiger partial charge in [0.25, 0.3) is 0 Å². The third kappa shape index (κ3) is 3.40. The number of aryl methyl sites for hydroxylation is 1. The molecule has 1 fully saturated rings. The van der Waals surface area contributed by atoms with Crippen molar-refractivity contribution in [2.45, 2.75) is 45.3 Å². The average Bonchev–Trinajstić information content (AvgIpc) is 2.99. The van der Waals surface area contributed by atoms with Crippen molar-refractivity contribution in [3.63, 3.8) is 0 Å².